The van der Waals surface area contributed by atoms with Crippen molar-refractivity contribution in [2.45, 2.75) is 12.8 Å². The zero-order chi connectivity index (χ0) is 16.8. The monoisotopic (exact) mass is 327 g/mol. The van der Waals surface area contributed by atoms with Crippen molar-refractivity contribution in [1.82, 2.24) is 0 Å². The fourth-order valence-corrected chi connectivity index (χ4v) is 2.74. The number of fused-ring (bicyclic) bond motifs is 1. The SMILES string of the molecule is O=C(O)CCc1ccc(OCCN2CCOc3ccccc32)cc1. The van der Waals surface area contributed by atoms with Crippen LogP contribution in [0.25, 0.3) is 0 Å². The highest BCUT2D eigenvalue weighted by atomic mass is 16.5. The molecule has 2 aromatic carbocycles. The quantitative estimate of drug-likeness (QED) is 0.847. The maximum Gasteiger partial charge on any atom is 0.303 e. The molecule has 0 spiro atoms. The summed E-state index contributed by atoms with van der Waals surface area (Å²) in [5.41, 5.74) is 2.11. The number of hydrogen-bond acceptors (Lipinski definition) is 4. The number of anilines is 1. The first-order valence-electron chi connectivity index (χ1n) is 8.13. The fourth-order valence-electron chi connectivity index (χ4n) is 2.74. The van der Waals surface area contributed by atoms with E-state index in [1.807, 2.05) is 42.5 Å². The predicted molar refractivity (Wildman–Crippen MR) is 92.0 cm³/mol. The number of carboxylic acid groups (broad SMARTS) is 1. The summed E-state index contributed by atoms with van der Waals surface area (Å²) in [4.78, 5) is 12.8. The van der Waals surface area contributed by atoms with Gasteiger partial charge in [0.05, 0.1) is 18.8 Å². The smallest absolute Gasteiger partial charge is 0.303 e. The van der Waals surface area contributed by atoms with Gasteiger partial charge in [-0.25, -0.2) is 0 Å². The van der Waals surface area contributed by atoms with Crippen molar-refractivity contribution in [3.05, 3.63) is 54.1 Å². The molecule has 1 N–H and O–H groups in total. The molecule has 0 bridgehead atoms. The second kappa shape index (κ2) is 7.73. The Labute approximate surface area is 141 Å². The molecule has 1 aliphatic rings. The first-order valence-corrected chi connectivity index (χ1v) is 8.13. The number of hydrogen-bond donors (Lipinski definition) is 1. The topological polar surface area (TPSA) is 59.0 Å². The third-order valence-corrected chi connectivity index (χ3v) is 4.01. The van der Waals surface area contributed by atoms with Crippen molar-refractivity contribution in [2.24, 2.45) is 0 Å². The van der Waals surface area contributed by atoms with E-state index in [2.05, 4.69) is 11.0 Å². The predicted octanol–water partition coefficient (Wildman–Crippen LogP) is 2.98. The Morgan fingerprint density at radius 3 is 2.75 bits per heavy atom. The number of aliphatic carboxylic acids is 1. The molecule has 0 aromatic heterocycles. The van der Waals surface area contributed by atoms with Gasteiger partial charge in [0, 0.05) is 6.42 Å². The molecule has 0 radical (unpaired) electrons. The van der Waals surface area contributed by atoms with Crippen LogP contribution in [0.2, 0.25) is 0 Å². The second-order valence-electron chi connectivity index (χ2n) is 5.69. The third-order valence-electron chi connectivity index (χ3n) is 4.01. The van der Waals surface area contributed by atoms with Gasteiger partial charge in [0.2, 0.25) is 0 Å². The van der Waals surface area contributed by atoms with Gasteiger partial charge in [-0.15, -0.1) is 0 Å². The normalized spacial score (nSPS) is 13.1. The summed E-state index contributed by atoms with van der Waals surface area (Å²) in [7, 11) is 0. The number of nitrogens with zero attached hydrogens (tertiary/aromatic N) is 1. The molecule has 5 nitrogen and oxygen atoms in total. The molecule has 0 saturated carbocycles. The van der Waals surface area contributed by atoms with Gasteiger partial charge in [-0.05, 0) is 36.2 Å². The molecule has 0 fully saturated rings. The highest BCUT2D eigenvalue weighted by Gasteiger charge is 2.16. The molecule has 0 atom stereocenters. The van der Waals surface area contributed by atoms with E-state index in [0.717, 1.165) is 35.8 Å². The van der Waals surface area contributed by atoms with Crippen LogP contribution in [0.4, 0.5) is 5.69 Å². The summed E-state index contributed by atoms with van der Waals surface area (Å²) in [6.45, 7) is 2.92. The zero-order valence-corrected chi connectivity index (χ0v) is 13.5. The Balaban J connectivity index is 1.49. The van der Waals surface area contributed by atoms with E-state index in [1.165, 1.54) is 0 Å². The summed E-state index contributed by atoms with van der Waals surface area (Å²) in [6.07, 6.45) is 0.691. The molecular formula is C19H21NO4. The lowest BCUT2D eigenvalue weighted by atomic mass is 10.1. The Kier molecular flexibility index (Phi) is 5.21. The van der Waals surface area contributed by atoms with Crippen molar-refractivity contribution >= 4 is 11.7 Å². The molecule has 0 unspecified atom stereocenters. The molecule has 0 aliphatic carbocycles. The van der Waals surface area contributed by atoms with Crippen LogP contribution in [0, 0.1) is 0 Å². The lowest BCUT2D eigenvalue weighted by Crippen LogP contribution is -2.35. The van der Waals surface area contributed by atoms with Crippen molar-refractivity contribution in [1.29, 1.82) is 0 Å². The molecule has 2 aromatic rings. The van der Waals surface area contributed by atoms with Crippen LogP contribution in [-0.2, 0) is 11.2 Å². The molecule has 0 saturated heterocycles. The summed E-state index contributed by atoms with van der Waals surface area (Å²) in [6, 6.07) is 15.7. The lowest BCUT2D eigenvalue weighted by molar-refractivity contribution is -0.136. The number of rotatable bonds is 7. The Morgan fingerprint density at radius 1 is 1.17 bits per heavy atom. The molecule has 1 heterocycles. The van der Waals surface area contributed by atoms with Gasteiger partial charge in [0.25, 0.3) is 0 Å². The number of para-hydroxylation sites is 2. The molecule has 1 aliphatic heterocycles. The van der Waals surface area contributed by atoms with Gasteiger partial charge < -0.3 is 19.5 Å². The second-order valence-corrected chi connectivity index (χ2v) is 5.69. The van der Waals surface area contributed by atoms with Gasteiger partial charge in [-0.1, -0.05) is 24.3 Å². The van der Waals surface area contributed by atoms with Crippen LogP contribution in [0.1, 0.15) is 12.0 Å². The Morgan fingerprint density at radius 2 is 1.96 bits per heavy atom. The van der Waals surface area contributed by atoms with Gasteiger partial charge in [-0.2, -0.15) is 0 Å². The van der Waals surface area contributed by atoms with Crippen molar-refractivity contribution in [3.8, 4) is 11.5 Å². The maximum atomic E-state index is 10.6. The summed E-state index contributed by atoms with van der Waals surface area (Å²) in [5.74, 6) is 0.947. The highest BCUT2D eigenvalue weighted by molar-refractivity contribution is 5.67. The lowest BCUT2D eigenvalue weighted by Gasteiger charge is -2.31. The number of aryl methyl sites for hydroxylation is 1. The van der Waals surface area contributed by atoms with Crippen molar-refractivity contribution in [3.63, 3.8) is 0 Å². The first kappa shape index (κ1) is 16.2. The van der Waals surface area contributed by atoms with Crippen molar-refractivity contribution < 1.29 is 19.4 Å². The molecular weight excluding hydrogens is 306 g/mol. The van der Waals surface area contributed by atoms with Gasteiger partial charge in [-0.3, -0.25) is 4.79 Å². The van der Waals surface area contributed by atoms with Crippen LogP contribution in [0.5, 0.6) is 11.5 Å². The van der Waals surface area contributed by atoms with E-state index < -0.39 is 5.97 Å². The summed E-state index contributed by atoms with van der Waals surface area (Å²) in [5, 5.41) is 8.70. The van der Waals surface area contributed by atoms with E-state index in [4.69, 9.17) is 14.6 Å². The minimum absolute atomic E-state index is 0.149. The largest absolute Gasteiger partial charge is 0.492 e. The van der Waals surface area contributed by atoms with Crippen LogP contribution < -0.4 is 14.4 Å². The maximum absolute atomic E-state index is 10.6. The van der Waals surface area contributed by atoms with Crippen LogP contribution in [0.3, 0.4) is 0 Å². The number of ether oxygens (including phenoxy) is 2. The van der Waals surface area contributed by atoms with Crippen LogP contribution in [0.15, 0.2) is 48.5 Å². The van der Waals surface area contributed by atoms with Crippen LogP contribution in [-0.4, -0.2) is 37.4 Å². The minimum Gasteiger partial charge on any atom is -0.492 e. The molecule has 126 valence electrons. The highest BCUT2D eigenvalue weighted by Crippen LogP contribution is 2.30. The molecule has 0 amide bonds. The van der Waals surface area contributed by atoms with E-state index >= 15 is 0 Å². The van der Waals surface area contributed by atoms with Gasteiger partial charge in [0.1, 0.15) is 24.7 Å². The van der Waals surface area contributed by atoms with Gasteiger partial charge >= 0.3 is 5.97 Å². The number of carboxylic acids is 1. The van der Waals surface area contributed by atoms with Gasteiger partial charge in [0.15, 0.2) is 0 Å². The molecule has 24 heavy (non-hydrogen) atoms. The first-order chi connectivity index (χ1) is 11.7. The van der Waals surface area contributed by atoms with E-state index in [0.29, 0.717) is 19.6 Å². The van der Waals surface area contributed by atoms with E-state index in [-0.39, 0.29) is 6.42 Å². The Hall–Kier alpha value is -2.69. The number of carbonyl (C=O) groups is 1. The zero-order valence-electron chi connectivity index (χ0n) is 13.5. The Bertz CT molecular complexity index is 684. The molecule has 5 heteroatoms. The minimum atomic E-state index is -0.777. The van der Waals surface area contributed by atoms with Crippen molar-refractivity contribution in [2.75, 3.05) is 31.2 Å². The number of benzene rings is 2. The third kappa shape index (κ3) is 4.19. The van der Waals surface area contributed by atoms with Crippen LogP contribution >= 0.6 is 0 Å². The standard InChI is InChI=1S/C19H21NO4/c21-19(22)10-7-15-5-8-16(9-6-15)23-13-11-20-12-14-24-18-4-2-1-3-17(18)20/h1-6,8-9H,7,10-14H2,(H,21,22). The van der Waals surface area contributed by atoms with E-state index in [9.17, 15) is 4.79 Å². The summed E-state index contributed by atoms with van der Waals surface area (Å²) < 4.78 is 11.5. The average Bonchev–Trinajstić information content (AvgIpc) is 2.61. The molecule has 3 rings (SSSR count). The van der Waals surface area contributed by atoms with E-state index in [1.54, 1.807) is 0 Å². The summed E-state index contributed by atoms with van der Waals surface area (Å²) >= 11 is 0. The average molecular weight is 327 g/mol. The fraction of sp³-hybridized carbons (Fsp3) is 0.316.